The summed E-state index contributed by atoms with van der Waals surface area (Å²) in [4.78, 5) is 13.5. The maximum Gasteiger partial charge on any atom is 0.234 e. The van der Waals surface area contributed by atoms with E-state index in [9.17, 15) is 4.79 Å². The summed E-state index contributed by atoms with van der Waals surface area (Å²) in [6.07, 6.45) is 0. The summed E-state index contributed by atoms with van der Waals surface area (Å²) in [7, 11) is 0. The van der Waals surface area contributed by atoms with E-state index in [4.69, 9.17) is 0 Å². The molecule has 76 valence electrons. The molecular formula is C9H19N3O. The fourth-order valence-electron chi connectivity index (χ4n) is 1.56. The van der Waals surface area contributed by atoms with Crippen molar-refractivity contribution in [3.63, 3.8) is 0 Å². The molecule has 0 bridgehead atoms. The van der Waals surface area contributed by atoms with Gasteiger partial charge < -0.3 is 10.6 Å². The fraction of sp³-hybridized carbons (Fsp3) is 0.889. The van der Waals surface area contributed by atoms with Crippen molar-refractivity contribution in [2.24, 2.45) is 0 Å². The summed E-state index contributed by atoms with van der Waals surface area (Å²) in [6, 6.07) is 0.469. The lowest BCUT2D eigenvalue weighted by Crippen LogP contribution is -2.52. The molecule has 1 saturated heterocycles. The van der Waals surface area contributed by atoms with Crippen LogP contribution < -0.4 is 10.6 Å². The van der Waals surface area contributed by atoms with Gasteiger partial charge in [-0.1, -0.05) is 0 Å². The number of nitrogens with one attached hydrogen (secondary N) is 2. The Balaban J connectivity index is 2.29. The molecule has 1 aliphatic rings. The van der Waals surface area contributed by atoms with Crippen LogP contribution in [0.2, 0.25) is 0 Å². The van der Waals surface area contributed by atoms with Crippen molar-refractivity contribution >= 4 is 5.91 Å². The van der Waals surface area contributed by atoms with Gasteiger partial charge in [-0.05, 0) is 13.8 Å². The summed E-state index contributed by atoms with van der Waals surface area (Å²) in [5, 5.41) is 6.11. The Morgan fingerprint density at radius 3 is 3.08 bits per heavy atom. The molecule has 4 heteroatoms. The Morgan fingerprint density at radius 1 is 1.69 bits per heavy atom. The lowest BCUT2D eigenvalue weighted by Gasteiger charge is -2.33. The molecule has 4 nitrogen and oxygen atoms in total. The molecular weight excluding hydrogens is 166 g/mol. The third-order valence-electron chi connectivity index (χ3n) is 2.36. The van der Waals surface area contributed by atoms with Gasteiger partial charge in [0.15, 0.2) is 0 Å². The summed E-state index contributed by atoms with van der Waals surface area (Å²) in [6.45, 7) is 8.29. The quantitative estimate of drug-likeness (QED) is 0.618. The van der Waals surface area contributed by atoms with Gasteiger partial charge in [0, 0.05) is 32.2 Å². The number of carbonyl (C=O) groups is 1. The molecule has 0 aromatic carbocycles. The van der Waals surface area contributed by atoms with E-state index in [0.29, 0.717) is 12.6 Å². The van der Waals surface area contributed by atoms with Gasteiger partial charge in [0.05, 0.1) is 6.54 Å². The fourth-order valence-corrected chi connectivity index (χ4v) is 1.56. The van der Waals surface area contributed by atoms with Crippen molar-refractivity contribution in [2.75, 3.05) is 32.7 Å². The van der Waals surface area contributed by atoms with Crippen molar-refractivity contribution in [1.82, 2.24) is 15.5 Å². The zero-order valence-electron chi connectivity index (χ0n) is 8.47. The molecule has 0 radical (unpaired) electrons. The summed E-state index contributed by atoms with van der Waals surface area (Å²) < 4.78 is 0. The van der Waals surface area contributed by atoms with E-state index in [1.807, 2.05) is 6.92 Å². The predicted octanol–water partition coefficient (Wildman–Crippen LogP) is -0.584. The van der Waals surface area contributed by atoms with Crippen LogP contribution in [-0.2, 0) is 4.79 Å². The van der Waals surface area contributed by atoms with Crippen LogP contribution in [0, 0.1) is 0 Å². The first-order valence-corrected chi connectivity index (χ1v) is 4.95. The number of hydrogen-bond donors (Lipinski definition) is 2. The highest BCUT2D eigenvalue weighted by molar-refractivity contribution is 5.77. The van der Waals surface area contributed by atoms with Gasteiger partial charge in [-0.15, -0.1) is 0 Å². The minimum Gasteiger partial charge on any atom is -0.355 e. The van der Waals surface area contributed by atoms with Gasteiger partial charge in [-0.3, -0.25) is 9.69 Å². The van der Waals surface area contributed by atoms with Crippen molar-refractivity contribution in [3.05, 3.63) is 0 Å². The zero-order chi connectivity index (χ0) is 9.68. The molecule has 1 heterocycles. The summed E-state index contributed by atoms with van der Waals surface area (Å²) in [5.74, 6) is 0.135. The van der Waals surface area contributed by atoms with Crippen molar-refractivity contribution in [1.29, 1.82) is 0 Å². The van der Waals surface area contributed by atoms with Crippen molar-refractivity contribution < 1.29 is 4.79 Å². The SMILES string of the molecule is CCNC(=O)CN1CCNC[C@@H]1C. The number of piperazine rings is 1. The van der Waals surface area contributed by atoms with Crippen LogP contribution in [0.15, 0.2) is 0 Å². The third kappa shape index (κ3) is 3.32. The largest absolute Gasteiger partial charge is 0.355 e. The minimum atomic E-state index is 0.135. The van der Waals surface area contributed by atoms with Crippen LogP contribution in [0.4, 0.5) is 0 Å². The number of amides is 1. The maximum absolute atomic E-state index is 11.3. The van der Waals surface area contributed by atoms with E-state index in [1.165, 1.54) is 0 Å². The van der Waals surface area contributed by atoms with Crippen molar-refractivity contribution in [2.45, 2.75) is 19.9 Å². The summed E-state index contributed by atoms with van der Waals surface area (Å²) >= 11 is 0. The normalized spacial score (nSPS) is 24.3. The van der Waals surface area contributed by atoms with Gasteiger partial charge in [0.2, 0.25) is 5.91 Å². The molecule has 0 saturated carbocycles. The number of hydrogen-bond acceptors (Lipinski definition) is 3. The van der Waals surface area contributed by atoms with Crippen LogP contribution in [-0.4, -0.2) is 49.6 Å². The molecule has 1 rings (SSSR count). The molecule has 1 fully saturated rings. The first-order chi connectivity index (χ1) is 6.24. The van der Waals surface area contributed by atoms with E-state index in [1.54, 1.807) is 0 Å². The van der Waals surface area contributed by atoms with Crippen LogP contribution in [0.1, 0.15) is 13.8 Å². The minimum absolute atomic E-state index is 0.135. The molecule has 0 aromatic rings. The first-order valence-electron chi connectivity index (χ1n) is 4.95. The molecule has 0 spiro atoms. The van der Waals surface area contributed by atoms with Gasteiger partial charge in [-0.25, -0.2) is 0 Å². The number of carbonyl (C=O) groups excluding carboxylic acids is 1. The zero-order valence-corrected chi connectivity index (χ0v) is 8.47. The molecule has 1 aliphatic heterocycles. The monoisotopic (exact) mass is 185 g/mol. The third-order valence-corrected chi connectivity index (χ3v) is 2.36. The highest BCUT2D eigenvalue weighted by Crippen LogP contribution is 2.00. The molecule has 0 unspecified atom stereocenters. The standard InChI is InChI=1S/C9H19N3O/c1-3-11-9(13)7-12-5-4-10-6-8(12)2/h8,10H,3-7H2,1-2H3,(H,11,13)/t8-/m0/s1. The van der Waals surface area contributed by atoms with Gasteiger partial charge in [0.25, 0.3) is 0 Å². The molecule has 2 N–H and O–H groups in total. The van der Waals surface area contributed by atoms with Crippen LogP contribution in [0.5, 0.6) is 0 Å². The number of rotatable bonds is 3. The highest BCUT2D eigenvalue weighted by Gasteiger charge is 2.19. The molecule has 1 atom stereocenters. The smallest absolute Gasteiger partial charge is 0.234 e. The second-order valence-electron chi connectivity index (χ2n) is 3.48. The van der Waals surface area contributed by atoms with Crippen LogP contribution in [0.3, 0.4) is 0 Å². The number of likely N-dealkylation sites (N-methyl/N-ethyl adjacent to an activating group) is 1. The van der Waals surface area contributed by atoms with Gasteiger partial charge in [-0.2, -0.15) is 0 Å². The topological polar surface area (TPSA) is 44.4 Å². The van der Waals surface area contributed by atoms with Gasteiger partial charge in [0.1, 0.15) is 0 Å². The Labute approximate surface area is 79.7 Å². The lowest BCUT2D eigenvalue weighted by atomic mass is 10.2. The molecule has 0 aromatic heterocycles. The average molecular weight is 185 g/mol. The van der Waals surface area contributed by atoms with E-state index in [2.05, 4.69) is 22.5 Å². The number of nitrogens with zero attached hydrogens (tertiary/aromatic N) is 1. The molecule has 1 amide bonds. The first kappa shape index (κ1) is 10.5. The second-order valence-corrected chi connectivity index (χ2v) is 3.48. The Hall–Kier alpha value is -0.610. The van der Waals surface area contributed by atoms with E-state index in [0.717, 1.165) is 26.2 Å². The van der Waals surface area contributed by atoms with E-state index < -0.39 is 0 Å². The van der Waals surface area contributed by atoms with E-state index >= 15 is 0 Å². The molecule has 13 heavy (non-hydrogen) atoms. The Kier molecular flexibility index (Phi) is 4.18. The molecule has 0 aliphatic carbocycles. The highest BCUT2D eigenvalue weighted by atomic mass is 16.2. The van der Waals surface area contributed by atoms with E-state index in [-0.39, 0.29) is 5.91 Å². The van der Waals surface area contributed by atoms with Gasteiger partial charge >= 0.3 is 0 Å². The Morgan fingerprint density at radius 2 is 2.46 bits per heavy atom. The predicted molar refractivity (Wildman–Crippen MR) is 52.6 cm³/mol. The Bertz CT molecular complexity index is 172. The average Bonchev–Trinajstić information content (AvgIpc) is 2.09. The maximum atomic E-state index is 11.3. The second kappa shape index (κ2) is 5.19. The lowest BCUT2D eigenvalue weighted by molar-refractivity contribution is -0.122. The van der Waals surface area contributed by atoms with Crippen LogP contribution in [0.25, 0.3) is 0 Å². The van der Waals surface area contributed by atoms with Crippen molar-refractivity contribution in [3.8, 4) is 0 Å². The summed E-state index contributed by atoms with van der Waals surface area (Å²) in [5.41, 5.74) is 0. The van der Waals surface area contributed by atoms with Crippen LogP contribution >= 0.6 is 0 Å².